The molecule has 6 nitrogen and oxygen atoms in total. The average Bonchev–Trinajstić information content (AvgIpc) is 2.98. The van der Waals surface area contributed by atoms with Crippen molar-refractivity contribution in [1.82, 2.24) is 9.97 Å². The van der Waals surface area contributed by atoms with Crippen LogP contribution in [-0.4, -0.2) is 35.6 Å². The number of hydrogen-bond acceptors (Lipinski definition) is 6. The summed E-state index contributed by atoms with van der Waals surface area (Å²) in [5.41, 5.74) is 3.98. The van der Waals surface area contributed by atoms with Crippen LogP contribution in [0.5, 0.6) is 11.5 Å². The lowest BCUT2D eigenvalue weighted by atomic mass is 10.1. The van der Waals surface area contributed by atoms with Crippen LogP contribution >= 0.6 is 0 Å². The first-order valence-electron chi connectivity index (χ1n) is 13.0. The third-order valence-electron chi connectivity index (χ3n) is 6.02. The Morgan fingerprint density at radius 2 is 1.03 bits per heavy atom. The molecule has 0 saturated carbocycles. The molecule has 2 heterocycles. The van der Waals surface area contributed by atoms with E-state index >= 15 is 0 Å². The van der Waals surface area contributed by atoms with Gasteiger partial charge in [0.05, 0.1) is 49.1 Å². The highest BCUT2D eigenvalue weighted by molar-refractivity contribution is 5.77. The van der Waals surface area contributed by atoms with Gasteiger partial charge >= 0.3 is 0 Å². The molecule has 2 aromatic carbocycles. The predicted octanol–water partition coefficient (Wildman–Crippen LogP) is 7.07. The summed E-state index contributed by atoms with van der Waals surface area (Å²) in [5, 5.41) is 0. The number of benzene rings is 2. The second-order valence-electron chi connectivity index (χ2n) is 8.97. The Kier molecular flexibility index (Phi) is 10.2. The van der Waals surface area contributed by atoms with Crippen LogP contribution < -0.4 is 9.47 Å². The molecule has 38 heavy (non-hydrogen) atoms. The summed E-state index contributed by atoms with van der Waals surface area (Å²) in [6, 6.07) is 28.3. The molecular formula is C32H34N4O2. The van der Waals surface area contributed by atoms with E-state index < -0.39 is 0 Å². The van der Waals surface area contributed by atoms with E-state index in [2.05, 4.69) is 58.1 Å². The molecule has 0 saturated heterocycles. The molecule has 0 aliphatic rings. The summed E-state index contributed by atoms with van der Waals surface area (Å²) >= 11 is 0. The van der Waals surface area contributed by atoms with Gasteiger partial charge in [-0.1, -0.05) is 60.7 Å². The van der Waals surface area contributed by atoms with E-state index in [-0.39, 0.29) is 12.1 Å². The van der Waals surface area contributed by atoms with Crippen LogP contribution in [0.25, 0.3) is 0 Å². The number of aromatic nitrogens is 2. The summed E-state index contributed by atoms with van der Waals surface area (Å²) < 4.78 is 11.6. The molecule has 2 atom stereocenters. The summed E-state index contributed by atoms with van der Waals surface area (Å²) in [7, 11) is 0. The van der Waals surface area contributed by atoms with E-state index in [1.54, 1.807) is 24.8 Å². The third-order valence-corrected chi connectivity index (χ3v) is 6.02. The summed E-state index contributed by atoms with van der Waals surface area (Å²) in [5.74, 6) is 1.50. The van der Waals surface area contributed by atoms with Crippen LogP contribution in [0, 0.1) is 0 Å². The van der Waals surface area contributed by atoms with E-state index in [0.29, 0.717) is 13.2 Å². The van der Waals surface area contributed by atoms with Gasteiger partial charge in [-0.05, 0) is 62.1 Å². The third kappa shape index (κ3) is 8.66. The standard InChI is InChI=1S/C32H34N4O2/c1-25(27-11-5-3-6-12-27)33-21-29-15-17-31(23-35-29)37-19-9-10-20-38-32-18-16-30(36-24-32)22-34-26(2)28-13-7-4-8-14-28/h3-8,11-18,21-26H,9-10,19-20H2,1-2H3/b33-21+,34-22+/t25-,26-/m1/s1. The van der Waals surface area contributed by atoms with Gasteiger partial charge in [-0.25, -0.2) is 0 Å². The normalized spacial score (nSPS) is 13.0. The molecule has 6 heteroatoms. The number of rotatable bonds is 13. The molecule has 0 aliphatic carbocycles. The fourth-order valence-electron chi connectivity index (χ4n) is 3.70. The van der Waals surface area contributed by atoms with Crippen molar-refractivity contribution in [3.63, 3.8) is 0 Å². The van der Waals surface area contributed by atoms with Gasteiger partial charge in [0.1, 0.15) is 11.5 Å². The molecule has 0 bridgehead atoms. The molecule has 0 amide bonds. The first kappa shape index (κ1) is 26.7. The Balaban J connectivity index is 1.11. The molecule has 0 aliphatic heterocycles. The smallest absolute Gasteiger partial charge is 0.137 e. The van der Waals surface area contributed by atoms with Crippen molar-refractivity contribution in [3.8, 4) is 11.5 Å². The van der Waals surface area contributed by atoms with Gasteiger partial charge in [0, 0.05) is 12.4 Å². The van der Waals surface area contributed by atoms with E-state index in [9.17, 15) is 0 Å². The van der Waals surface area contributed by atoms with Gasteiger partial charge in [0.15, 0.2) is 0 Å². The second-order valence-corrected chi connectivity index (χ2v) is 8.97. The van der Waals surface area contributed by atoms with E-state index in [4.69, 9.17) is 9.47 Å². The number of hydrogen-bond donors (Lipinski definition) is 0. The fourth-order valence-corrected chi connectivity index (χ4v) is 3.70. The van der Waals surface area contributed by atoms with Crippen LogP contribution in [0.15, 0.2) is 107 Å². The first-order valence-corrected chi connectivity index (χ1v) is 13.0. The number of unbranched alkanes of at least 4 members (excludes halogenated alkanes) is 1. The Morgan fingerprint density at radius 3 is 1.39 bits per heavy atom. The average molecular weight is 507 g/mol. The zero-order valence-corrected chi connectivity index (χ0v) is 22.0. The minimum absolute atomic E-state index is 0.0902. The summed E-state index contributed by atoms with van der Waals surface area (Å²) in [4.78, 5) is 18.0. The highest BCUT2D eigenvalue weighted by Gasteiger charge is 2.03. The molecular weight excluding hydrogens is 472 g/mol. The van der Waals surface area contributed by atoms with Crippen LogP contribution in [0.3, 0.4) is 0 Å². The molecule has 0 fully saturated rings. The SMILES string of the molecule is C[C@@H](/N=C/c1ccc(OCCCCOc2ccc(/C=N/[C@H](C)c3ccccc3)nc2)cn1)c1ccccc1. The fraction of sp³-hybridized carbons (Fsp3) is 0.250. The van der Waals surface area contributed by atoms with Crippen molar-refractivity contribution in [3.05, 3.63) is 120 Å². The molecule has 194 valence electrons. The summed E-state index contributed by atoms with van der Waals surface area (Å²) in [6.07, 6.45) is 8.85. The van der Waals surface area contributed by atoms with Crippen LogP contribution in [0.2, 0.25) is 0 Å². The lowest BCUT2D eigenvalue weighted by Gasteiger charge is -2.08. The first-order chi connectivity index (χ1) is 18.7. The van der Waals surface area contributed by atoms with Gasteiger partial charge in [-0.15, -0.1) is 0 Å². The van der Waals surface area contributed by atoms with Crippen molar-refractivity contribution in [2.45, 2.75) is 38.8 Å². The Hall–Kier alpha value is -4.32. The highest BCUT2D eigenvalue weighted by Crippen LogP contribution is 2.17. The van der Waals surface area contributed by atoms with Crippen LogP contribution in [0.4, 0.5) is 0 Å². The maximum absolute atomic E-state index is 5.81. The Morgan fingerprint density at radius 1 is 0.605 bits per heavy atom. The van der Waals surface area contributed by atoms with Crippen molar-refractivity contribution in [2.24, 2.45) is 9.98 Å². The molecule has 0 spiro atoms. The van der Waals surface area contributed by atoms with Gasteiger partial charge in [-0.2, -0.15) is 0 Å². The number of nitrogens with zero attached hydrogens (tertiary/aromatic N) is 4. The van der Waals surface area contributed by atoms with Crippen molar-refractivity contribution in [2.75, 3.05) is 13.2 Å². The maximum Gasteiger partial charge on any atom is 0.137 e. The van der Waals surface area contributed by atoms with Gasteiger partial charge in [-0.3, -0.25) is 20.0 Å². The largest absolute Gasteiger partial charge is 0.492 e. The maximum atomic E-state index is 5.81. The number of pyridine rings is 2. The van der Waals surface area contributed by atoms with E-state index in [1.165, 1.54) is 11.1 Å². The lowest BCUT2D eigenvalue weighted by molar-refractivity contribution is 0.265. The topological polar surface area (TPSA) is 69.0 Å². The Bertz CT molecular complexity index is 1170. The zero-order chi connectivity index (χ0) is 26.4. The van der Waals surface area contributed by atoms with Gasteiger partial charge in [0.25, 0.3) is 0 Å². The molecule has 0 unspecified atom stereocenters. The molecule has 2 aromatic heterocycles. The summed E-state index contributed by atoms with van der Waals surface area (Å²) in [6.45, 7) is 5.36. The number of ether oxygens (including phenoxy) is 2. The molecule has 4 rings (SSSR count). The zero-order valence-electron chi connectivity index (χ0n) is 22.0. The van der Waals surface area contributed by atoms with Gasteiger partial charge in [0.2, 0.25) is 0 Å². The van der Waals surface area contributed by atoms with Crippen molar-refractivity contribution >= 4 is 12.4 Å². The van der Waals surface area contributed by atoms with E-state index in [1.807, 2.05) is 60.7 Å². The monoisotopic (exact) mass is 506 g/mol. The van der Waals surface area contributed by atoms with Crippen molar-refractivity contribution < 1.29 is 9.47 Å². The van der Waals surface area contributed by atoms with Crippen molar-refractivity contribution in [1.29, 1.82) is 0 Å². The molecule has 0 radical (unpaired) electrons. The minimum Gasteiger partial charge on any atom is -0.492 e. The minimum atomic E-state index is 0.0902. The van der Waals surface area contributed by atoms with Gasteiger partial charge < -0.3 is 9.47 Å². The highest BCUT2D eigenvalue weighted by atomic mass is 16.5. The second kappa shape index (κ2) is 14.4. The van der Waals surface area contributed by atoms with Crippen LogP contribution in [-0.2, 0) is 0 Å². The molecule has 0 N–H and O–H groups in total. The predicted molar refractivity (Wildman–Crippen MR) is 154 cm³/mol. The quantitative estimate of drug-likeness (QED) is 0.144. The Labute approximate surface area is 225 Å². The van der Waals surface area contributed by atoms with Crippen LogP contribution in [0.1, 0.15) is 61.3 Å². The lowest BCUT2D eigenvalue weighted by Crippen LogP contribution is -2.03. The van der Waals surface area contributed by atoms with E-state index in [0.717, 1.165) is 35.7 Å². The molecule has 4 aromatic rings. The number of aliphatic imine (C=N–C) groups is 2.